The predicted octanol–water partition coefficient (Wildman–Crippen LogP) is 3.11. The minimum Gasteiger partial charge on any atom is -0.480 e. The first-order valence-electron chi connectivity index (χ1n) is 4.85. The number of aryl methyl sites for hydroxylation is 1. The molecule has 0 amide bonds. The third-order valence-corrected chi connectivity index (χ3v) is 2.57. The summed E-state index contributed by atoms with van der Waals surface area (Å²) in [6.45, 7) is 1.91. The van der Waals surface area contributed by atoms with E-state index in [1.165, 1.54) is 0 Å². The summed E-state index contributed by atoms with van der Waals surface area (Å²) in [5.74, 6) is 0.510. The molecule has 0 atom stereocenters. The van der Waals surface area contributed by atoms with Crippen molar-refractivity contribution in [1.29, 1.82) is 0 Å². The molecule has 82 valence electrons. The molecular weight excluding hydrogens is 224 g/mol. The van der Waals surface area contributed by atoms with Gasteiger partial charge in [0.25, 0.3) is 0 Å². The van der Waals surface area contributed by atoms with Crippen LogP contribution in [0.5, 0.6) is 5.88 Å². The van der Waals surface area contributed by atoms with E-state index < -0.39 is 0 Å². The lowest BCUT2D eigenvalue weighted by Gasteiger charge is -2.06. The fourth-order valence-corrected chi connectivity index (χ4v) is 1.58. The molecule has 0 aliphatic heterocycles. The standard InChI is InChI=1S/C12H11ClN2O/c1-8-11(7-12(16-2)15-14-8)9-3-5-10(13)6-4-9/h3-7H,1-2H3. The molecule has 1 aromatic carbocycles. The van der Waals surface area contributed by atoms with E-state index in [0.717, 1.165) is 21.8 Å². The Morgan fingerprint density at radius 2 is 1.81 bits per heavy atom. The molecule has 0 aliphatic carbocycles. The molecule has 1 aromatic heterocycles. The summed E-state index contributed by atoms with van der Waals surface area (Å²) >= 11 is 5.84. The predicted molar refractivity (Wildman–Crippen MR) is 63.8 cm³/mol. The Morgan fingerprint density at radius 1 is 1.12 bits per heavy atom. The van der Waals surface area contributed by atoms with Gasteiger partial charge in [0.05, 0.1) is 12.8 Å². The van der Waals surface area contributed by atoms with Gasteiger partial charge in [0.15, 0.2) is 0 Å². The minimum atomic E-state index is 0.510. The molecule has 0 saturated carbocycles. The first-order valence-corrected chi connectivity index (χ1v) is 5.23. The topological polar surface area (TPSA) is 35.0 Å². The molecule has 4 heteroatoms. The van der Waals surface area contributed by atoms with Gasteiger partial charge in [0.1, 0.15) is 0 Å². The molecule has 0 saturated heterocycles. The largest absolute Gasteiger partial charge is 0.480 e. The van der Waals surface area contributed by atoms with Gasteiger partial charge in [-0.25, -0.2) is 0 Å². The van der Waals surface area contributed by atoms with E-state index in [-0.39, 0.29) is 0 Å². The third-order valence-electron chi connectivity index (χ3n) is 2.32. The Hall–Kier alpha value is -1.61. The van der Waals surface area contributed by atoms with E-state index in [0.29, 0.717) is 5.88 Å². The highest BCUT2D eigenvalue weighted by Gasteiger charge is 2.06. The molecule has 0 N–H and O–H groups in total. The second-order valence-electron chi connectivity index (χ2n) is 3.39. The van der Waals surface area contributed by atoms with Gasteiger partial charge in [-0.2, -0.15) is 5.10 Å². The molecule has 0 fully saturated rings. The van der Waals surface area contributed by atoms with Crippen molar-refractivity contribution in [1.82, 2.24) is 10.2 Å². The van der Waals surface area contributed by atoms with Crippen LogP contribution in [0.4, 0.5) is 0 Å². The van der Waals surface area contributed by atoms with Gasteiger partial charge in [-0.05, 0) is 24.6 Å². The Balaban J connectivity index is 2.50. The second-order valence-corrected chi connectivity index (χ2v) is 3.83. The molecule has 2 rings (SSSR count). The smallest absolute Gasteiger partial charge is 0.233 e. The van der Waals surface area contributed by atoms with Gasteiger partial charge in [-0.1, -0.05) is 23.7 Å². The Bertz CT molecular complexity index is 497. The zero-order chi connectivity index (χ0) is 11.5. The van der Waals surface area contributed by atoms with Gasteiger partial charge in [-0.3, -0.25) is 0 Å². The van der Waals surface area contributed by atoms with Crippen molar-refractivity contribution in [3.05, 3.63) is 41.0 Å². The molecule has 3 nitrogen and oxygen atoms in total. The normalized spacial score (nSPS) is 10.2. The van der Waals surface area contributed by atoms with Crippen molar-refractivity contribution < 1.29 is 4.74 Å². The Morgan fingerprint density at radius 3 is 2.44 bits per heavy atom. The summed E-state index contributed by atoms with van der Waals surface area (Å²) < 4.78 is 5.06. The maximum Gasteiger partial charge on any atom is 0.233 e. The highest BCUT2D eigenvalue weighted by molar-refractivity contribution is 6.30. The molecule has 2 aromatic rings. The van der Waals surface area contributed by atoms with E-state index in [4.69, 9.17) is 16.3 Å². The van der Waals surface area contributed by atoms with Crippen molar-refractivity contribution in [3.63, 3.8) is 0 Å². The molecule has 0 aliphatic rings. The van der Waals surface area contributed by atoms with Crippen LogP contribution in [0.15, 0.2) is 30.3 Å². The fourth-order valence-electron chi connectivity index (χ4n) is 1.46. The molecule has 0 unspecified atom stereocenters. The molecule has 0 bridgehead atoms. The summed E-state index contributed by atoms with van der Waals surface area (Å²) in [6.07, 6.45) is 0. The minimum absolute atomic E-state index is 0.510. The number of methoxy groups -OCH3 is 1. The van der Waals surface area contributed by atoms with Gasteiger partial charge >= 0.3 is 0 Å². The zero-order valence-corrected chi connectivity index (χ0v) is 9.82. The number of hydrogen-bond donors (Lipinski definition) is 0. The second kappa shape index (κ2) is 4.49. The average molecular weight is 235 g/mol. The fraction of sp³-hybridized carbons (Fsp3) is 0.167. The first-order chi connectivity index (χ1) is 7.70. The van der Waals surface area contributed by atoms with Crippen LogP contribution in [0.1, 0.15) is 5.69 Å². The number of hydrogen-bond acceptors (Lipinski definition) is 3. The maximum atomic E-state index is 5.84. The van der Waals surface area contributed by atoms with Gasteiger partial charge in [0.2, 0.25) is 5.88 Å². The van der Waals surface area contributed by atoms with E-state index in [1.807, 2.05) is 37.3 Å². The maximum absolute atomic E-state index is 5.84. The van der Waals surface area contributed by atoms with E-state index in [9.17, 15) is 0 Å². The number of ether oxygens (including phenoxy) is 1. The van der Waals surface area contributed by atoms with E-state index in [1.54, 1.807) is 7.11 Å². The lowest BCUT2D eigenvalue weighted by atomic mass is 10.1. The lowest BCUT2D eigenvalue weighted by molar-refractivity contribution is 0.391. The van der Waals surface area contributed by atoms with Crippen molar-refractivity contribution >= 4 is 11.6 Å². The highest BCUT2D eigenvalue weighted by atomic mass is 35.5. The van der Waals surface area contributed by atoms with Crippen LogP contribution in [-0.2, 0) is 0 Å². The summed E-state index contributed by atoms with van der Waals surface area (Å²) in [5.41, 5.74) is 2.92. The average Bonchev–Trinajstić information content (AvgIpc) is 2.31. The van der Waals surface area contributed by atoms with Crippen LogP contribution < -0.4 is 4.74 Å². The lowest BCUT2D eigenvalue weighted by Crippen LogP contribution is -1.95. The number of nitrogens with zero attached hydrogens (tertiary/aromatic N) is 2. The number of benzene rings is 1. The molecular formula is C12H11ClN2O. The van der Waals surface area contributed by atoms with Crippen LogP contribution in [0.2, 0.25) is 5.02 Å². The summed E-state index contributed by atoms with van der Waals surface area (Å²) in [4.78, 5) is 0. The van der Waals surface area contributed by atoms with Crippen LogP contribution in [0, 0.1) is 6.92 Å². The molecule has 16 heavy (non-hydrogen) atoms. The molecule has 0 radical (unpaired) electrons. The summed E-state index contributed by atoms with van der Waals surface area (Å²) in [6, 6.07) is 9.47. The van der Waals surface area contributed by atoms with Crippen LogP contribution in [0.3, 0.4) is 0 Å². The van der Waals surface area contributed by atoms with Crippen LogP contribution >= 0.6 is 11.6 Å². The van der Waals surface area contributed by atoms with Crippen molar-refractivity contribution in [3.8, 4) is 17.0 Å². The zero-order valence-electron chi connectivity index (χ0n) is 9.07. The summed E-state index contributed by atoms with van der Waals surface area (Å²) in [5, 5.41) is 8.66. The van der Waals surface area contributed by atoms with Gasteiger partial charge in [-0.15, -0.1) is 5.10 Å². The van der Waals surface area contributed by atoms with E-state index in [2.05, 4.69) is 10.2 Å². The monoisotopic (exact) mass is 234 g/mol. The highest BCUT2D eigenvalue weighted by Crippen LogP contribution is 2.25. The van der Waals surface area contributed by atoms with Gasteiger partial charge < -0.3 is 4.74 Å². The Kier molecular flexibility index (Phi) is 3.06. The first kappa shape index (κ1) is 10.9. The molecule has 1 heterocycles. The Labute approximate surface area is 99.0 Å². The van der Waals surface area contributed by atoms with Crippen molar-refractivity contribution in [2.75, 3.05) is 7.11 Å². The SMILES string of the molecule is COc1cc(-c2ccc(Cl)cc2)c(C)nn1. The molecule has 0 spiro atoms. The van der Waals surface area contributed by atoms with Crippen molar-refractivity contribution in [2.45, 2.75) is 6.92 Å². The number of halogens is 1. The van der Waals surface area contributed by atoms with Crippen LogP contribution in [0.25, 0.3) is 11.1 Å². The van der Waals surface area contributed by atoms with Gasteiger partial charge in [0, 0.05) is 16.7 Å². The van der Waals surface area contributed by atoms with Crippen LogP contribution in [-0.4, -0.2) is 17.3 Å². The summed E-state index contributed by atoms with van der Waals surface area (Å²) in [7, 11) is 1.57. The number of rotatable bonds is 2. The van der Waals surface area contributed by atoms with E-state index >= 15 is 0 Å². The third kappa shape index (κ3) is 2.14. The number of aromatic nitrogens is 2. The quantitative estimate of drug-likeness (QED) is 0.801. The van der Waals surface area contributed by atoms with Crippen molar-refractivity contribution in [2.24, 2.45) is 0 Å².